The summed E-state index contributed by atoms with van der Waals surface area (Å²) < 4.78 is -0.0590. The van der Waals surface area contributed by atoms with Crippen LogP contribution in [0.25, 0.3) is 0 Å². The molecule has 0 spiro atoms. The van der Waals surface area contributed by atoms with Crippen LogP contribution in [0.1, 0.15) is 13.8 Å². The van der Waals surface area contributed by atoms with Crippen molar-refractivity contribution < 1.29 is 9.85 Å². The maximum Gasteiger partial charge on any atom is 0.133 e. The van der Waals surface area contributed by atoms with Crippen LogP contribution in [0.3, 0.4) is 0 Å². The number of nitrogens with zero attached hydrogens (tertiary/aromatic N) is 1. The highest BCUT2D eigenvalue weighted by Gasteiger charge is 2.11. The van der Waals surface area contributed by atoms with E-state index < -0.39 is 0 Å². The Morgan fingerprint density at radius 1 is 1.50 bits per heavy atom. The Kier molecular flexibility index (Phi) is 2.19. The number of quaternary nitrogens is 1. The minimum absolute atomic E-state index is 0.0590. The predicted molar refractivity (Wildman–Crippen MR) is 33.3 cm³/mol. The van der Waals surface area contributed by atoms with Crippen LogP contribution in [0.15, 0.2) is 11.8 Å². The molecule has 0 atom stereocenters. The lowest BCUT2D eigenvalue weighted by Gasteiger charge is -2.18. The van der Waals surface area contributed by atoms with Crippen LogP contribution in [-0.4, -0.2) is 23.9 Å². The van der Waals surface area contributed by atoms with Gasteiger partial charge in [0, 0.05) is 6.92 Å². The van der Waals surface area contributed by atoms with E-state index in [2.05, 4.69) is 0 Å². The molecule has 2 heteroatoms. The first-order valence-electron chi connectivity index (χ1n) is 2.68. The van der Waals surface area contributed by atoms with Gasteiger partial charge in [-0.15, -0.1) is 0 Å². The van der Waals surface area contributed by atoms with E-state index in [0.29, 0.717) is 0 Å². The summed E-state index contributed by atoms with van der Waals surface area (Å²) in [6.45, 7) is 3.80. The Bertz CT molecular complexity index is 99.6. The second-order valence-corrected chi connectivity index (χ2v) is 2.32. The van der Waals surface area contributed by atoms with Crippen molar-refractivity contribution in [2.75, 3.05) is 14.1 Å². The van der Waals surface area contributed by atoms with Gasteiger partial charge in [-0.05, 0) is 13.0 Å². The molecule has 0 radical (unpaired) electrons. The van der Waals surface area contributed by atoms with Gasteiger partial charge in [0.2, 0.25) is 0 Å². The minimum atomic E-state index is -0.0590. The molecule has 0 fully saturated rings. The Balaban J connectivity index is 4.03. The highest BCUT2D eigenvalue weighted by atomic mass is 16.5. The summed E-state index contributed by atoms with van der Waals surface area (Å²) in [7, 11) is 3.44. The van der Waals surface area contributed by atoms with Crippen molar-refractivity contribution in [1.29, 1.82) is 0 Å². The zero-order valence-electron chi connectivity index (χ0n) is 5.97. The van der Waals surface area contributed by atoms with Gasteiger partial charge >= 0.3 is 0 Å². The first kappa shape index (κ1) is 7.66. The largest absolute Gasteiger partial charge is 0.212 e. The smallest absolute Gasteiger partial charge is 0.133 e. The summed E-state index contributed by atoms with van der Waals surface area (Å²) in [5.74, 6) is 0. The predicted octanol–water partition coefficient (Wildman–Crippen LogP) is 1.38. The zero-order chi connectivity index (χ0) is 6.78. The third kappa shape index (κ3) is 2.09. The summed E-state index contributed by atoms with van der Waals surface area (Å²) in [5, 5.41) is 9.16. The molecule has 0 unspecified atom stereocenters. The Morgan fingerprint density at radius 3 is 1.88 bits per heavy atom. The van der Waals surface area contributed by atoms with Crippen molar-refractivity contribution in [2.45, 2.75) is 13.8 Å². The summed E-state index contributed by atoms with van der Waals surface area (Å²) in [6.07, 6.45) is 1.89. The Hall–Kier alpha value is -0.340. The molecular weight excluding hydrogens is 102 g/mol. The third-order valence-electron chi connectivity index (χ3n) is 1.28. The fraction of sp³-hybridized carbons (Fsp3) is 0.667. The van der Waals surface area contributed by atoms with E-state index in [0.717, 1.165) is 5.70 Å². The van der Waals surface area contributed by atoms with Gasteiger partial charge < -0.3 is 0 Å². The highest BCUT2D eigenvalue weighted by Crippen LogP contribution is 2.03. The van der Waals surface area contributed by atoms with E-state index in [4.69, 9.17) is 5.21 Å². The maximum atomic E-state index is 9.16. The van der Waals surface area contributed by atoms with Gasteiger partial charge in [0.25, 0.3) is 0 Å². The molecule has 8 heavy (non-hydrogen) atoms. The van der Waals surface area contributed by atoms with E-state index in [9.17, 15) is 0 Å². The monoisotopic (exact) mass is 116 g/mol. The number of hydroxylamine groups is 3. The van der Waals surface area contributed by atoms with Crippen LogP contribution in [0.5, 0.6) is 0 Å². The van der Waals surface area contributed by atoms with Gasteiger partial charge in [-0.2, -0.15) is 4.65 Å². The van der Waals surface area contributed by atoms with Crippen molar-refractivity contribution in [3.05, 3.63) is 11.8 Å². The van der Waals surface area contributed by atoms with E-state index >= 15 is 0 Å². The Labute approximate surface area is 50.6 Å². The molecule has 0 rings (SSSR count). The van der Waals surface area contributed by atoms with E-state index in [1.165, 1.54) is 0 Å². The fourth-order valence-corrected chi connectivity index (χ4v) is 0.316. The summed E-state index contributed by atoms with van der Waals surface area (Å²) in [4.78, 5) is 0. The van der Waals surface area contributed by atoms with Gasteiger partial charge in [0.15, 0.2) is 0 Å². The number of allylic oxidation sites excluding steroid dienone is 2. The molecule has 0 bridgehead atoms. The van der Waals surface area contributed by atoms with Crippen LogP contribution in [0, 0.1) is 0 Å². The zero-order valence-corrected chi connectivity index (χ0v) is 5.97. The van der Waals surface area contributed by atoms with Crippen molar-refractivity contribution in [1.82, 2.24) is 0 Å². The molecule has 0 amide bonds. The first-order valence-corrected chi connectivity index (χ1v) is 2.68. The average Bonchev–Trinajstić information content (AvgIpc) is 1.62. The second-order valence-electron chi connectivity index (χ2n) is 2.32. The minimum Gasteiger partial charge on any atom is -0.212 e. The van der Waals surface area contributed by atoms with Gasteiger partial charge in [0.1, 0.15) is 19.8 Å². The van der Waals surface area contributed by atoms with Gasteiger partial charge in [-0.1, -0.05) is 0 Å². The van der Waals surface area contributed by atoms with Crippen LogP contribution in [-0.2, 0) is 0 Å². The quantitative estimate of drug-likeness (QED) is 0.405. The molecule has 1 N–H and O–H groups in total. The fourth-order valence-electron chi connectivity index (χ4n) is 0.316. The van der Waals surface area contributed by atoms with Crippen molar-refractivity contribution in [2.24, 2.45) is 0 Å². The number of hydrogen-bond donors (Lipinski definition) is 1. The van der Waals surface area contributed by atoms with Crippen LogP contribution in [0.2, 0.25) is 0 Å². The number of hydrogen-bond acceptors (Lipinski definition) is 1. The molecule has 2 nitrogen and oxygen atoms in total. The second kappa shape index (κ2) is 2.29. The lowest BCUT2D eigenvalue weighted by molar-refractivity contribution is -1.04. The van der Waals surface area contributed by atoms with Gasteiger partial charge in [0.05, 0.1) is 0 Å². The lowest BCUT2D eigenvalue weighted by atomic mass is 10.4. The summed E-state index contributed by atoms with van der Waals surface area (Å²) in [5.41, 5.74) is 0.949. The molecule has 0 heterocycles. The van der Waals surface area contributed by atoms with Crippen molar-refractivity contribution in [3.8, 4) is 0 Å². The van der Waals surface area contributed by atoms with Crippen LogP contribution < -0.4 is 0 Å². The molecular formula is C6H14NO+. The standard InChI is InChI=1S/C6H14NO/c1-5-6(2)7(3,4)8/h5,8H,1-4H3/q+1. The van der Waals surface area contributed by atoms with E-state index in [1.54, 1.807) is 14.1 Å². The average molecular weight is 116 g/mol. The van der Waals surface area contributed by atoms with Crippen molar-refractivity contribution >= 4 is 0 Å². The first-order chi connectivity index (χ1) is 3.48. The van der Waals surface area contributed by atoms with Gasteiger partial charge in [-0.25, -0.2) is 5.21 Å². The summed E-state index contributed by atoms with van der Waals surface area (Å²) >= 11 is 0. The summed E-state index contributed by atoms with van der Waals surface area (Å²) in [6, 6.07) is 0. The number of rotatable bonds is 1. The highest BCUT2D eigenvalue weighted by molar-refractivity contribution is 4.82. The third-order valence-corrected chi connectivity index (χ3v) is 1.28. The Morgan fingerprint density at radius 2 is 1.88 bits per heavy atom. The molecule has 0 saturated heterocycles. The molecule has 0 aliphatic heterocycles. The maximum absolute atomic E-state index is 9.16. The van der Waals surface area contributed by atoms with Crippen molar-refractivity contribution in [3.63, 3.8) is 0 Å². The van der Waals surface area contributed by atoms with E-state index in [-0.39, 0.29) is 4.65 Å². The topological polar surface area (TPSA) is 20.2 Å². The van der Waals surface area contributed by atoms with Crippen LogP contribution in [0.4, 0.5) is 0 Å². The molecule has 0 aromatic carbocycles. The molecule has 0 aliphatic carbocycles. The normalized spacial score (nSPS) is 14.4. The molecule has 0 aromatic heterocycles. The SMILES string of the molecule is CC=C(C)[N+](C)(C)O. The lowest BCUT2D eigenvalue weighted by Crippen LogP contribution is -2.32. The molecule has 0 saturated carbocycles. The molecule has 0 aromatic rings. The molecule has 48 valence electrons. The van der Waals surface area contributed by atoms with Gasteiger partial charge in [-0.3, -0.25) is 0 Å². The van der Waals surface area contributed by atoms with Crippen LogP contribution >= 0.6 is 0 Å². The molecule has 0 aliphatic rings. The van der Waals surface area contributed by atoms with E-state index in [1.807, 2.05) is 19.9 Å².